The highest BCUT2D eigenvalue weighted by Gasteiger charge is 2.26. The predicted octanol–water partition coefficient (Wildman–Crippen LogP) is 4.31. The summed E-state index contributed by atoms with van der Waals surface area (Å²) in [6.45, 7) is 0.695. The van der Waals surface area contributed by atoms with E-state index in [1.807, 2.05) is 95.8 Å². The number of amides is 2. The van der Waals surface area contributed by atoms with Gasteiger partial charge in [-0.15, -0.1) is 0 Å². The molecule has 5 rings (SSSR count). The number of carbonyl (C=O) groups is 2. The molecule has 0 spiro atoms. The minimum Gasteiger partial charge on any atom is -0.482 e. The maximum Gasteiger partial charge on any atom is 0.265 e. The number of ether oxygens (including phenoxy) is 1. The van der Waals surface area contributed by atoms with E-state index in [0.29, 0.717) is 24.5 Å². The summed E-state index contributed by atoms with van der Waals surface area (Å²) in [5.74, 6) is 0.469. The van der Waals surface area contributed by atoms with E-state index >= 15 is 0 Å². The molecule has 0 bridgehead atoms. The molecule has 0 unspecified atom stereocenters. The zero-order valence-corrected chi connectivity index (χ0v) is 19.5. The van der Waals surface area contributed by atoms with Gasteiger partial charge >= 0.3 is 0 Å². The first-order chi connectivity index (χ1) is 17.1. The van der Waals surface area contributed by atoms with Crippen LogP contribution < -0.4 is 9.64 Å². The Hall–Kier alpha value is -4.39. The van der Waals surface area contributed by atoms with Crippen LogP contribution in [0.25, 0.3) is 16.9 Å². The fourth-order valence-corrected chi connectivity index (χ4v) is 4.22. The summed E-state index contributed by atoms with van der Waals surface area (Å²) in [4.78, 5) is 28.8. The molecule has 0 atom stereocenters. The van der Waals surface area contributed by atoms with Crippen LogP contribution in [0.2, 0.25) is 0 Å². The average Bonchev–Trinajstić information content (AvgIpc) is 3.32. The lowest BCUT2D eigenvalue weighted by Crippen LogP contribution is -2.41. The lowest BCUT2D eigenvalue weighted by atomic mass is 10.1. The van der Waals surface area contributed by atoms with Crippen molar-refractivity contribution in [3.63, 3.8) is 0 Å². The zero-order valence-electron chi connectivity index (χ0n) is 19.5. The first-order valence-electron chi connectivity index (χ1n) is 11.6. The molecule has 0 saturated carbocycles. The Morgan fingerprint density at radius 3 is 2.43 bits per heavy atom. The Kier molecular flexibility index (Phi) is 6.30. The minimum atomic E-state index is -0.144. The number of hydrogen-bond acceptors (Lipinski definition) is 4. The third-order valence-corrected chi connectivity index (χ3v) is 6.05. The van der Waals surface area contributed by atoms with Gasteiger partial charge in [0.05, 0.1) is 17.1 Å². The number of carbonyl (C=O) groups excluding carboxylic acids is 2. The third-order valence-electron chi connectivity index (χ3n) is 6.05. The standard InChI is InChI=1S/C28H26N4O3/c1-30(26(33)16-17-31-24-14-8-9-15-25(24)35-20-27(31)34)18-22-19-32(23-12-6-3-7-13-23)29-28(22)21-10-4-2-5-11-21/h2-15,19H,16-18,20H2,1H3. The topological polar surface area (TPSA) is 67.7 Å². The van der Waals surface area contributed by atoms with E-state index in [9.17, 15) is 9.59 Å². The van der Waals surface area contributed by atoms with E-state index < -0.39 is 0 Å². The van der Waals surface area contributed by atoms with E-state index in [1.165, 1.54) is 0 Å². The van der Waals surface area contributed by atoms with Crippen molar-refractivity contribution in [2.45, 2.75) is 13.0 Å². The van der Waals surface area contributed by atoms with Crippen molar-refractivity contribution in [3.05, 3.63) is 96.7 Å². The summed E-state index contributed by atoms with van der Waals surface area (Å²) in [6.07, 6.45) is 2.19. The molecular weight excluding hydrogens is 440 g/mol. The highest BCUT2D eigenvalue weighted by molar-refractivity contribution is 5.98. The van der Waals surface area contributed by atoms with Gasteiger partial charge in [0, 0.05) is 43.9 Å². The second-order valence-corrected chi connectivity index (χ2v) is 8.45. The highest BCUT2D eigenvalue weighted by atomic mass is 16.5. The Morgan fingerprint density at radius 1 is 0.971 bits per heavy atom. The molecule has 2 heterocycles. The SMILES string of the molecule is CN(Cc1cn(-c2ccccc2)nc1-c1ccccc1)C(=O)CCN1C(=O)COc2ccccc21. The molecular formula is C28H26N4O3. The molecule has 1 aliphatic rings. The van der Waals surface area contributed by atoms with Crippen LogP contribution in [-0.2, 0) is 16.1 Å². The molecule has 0 N–H and O–H groups in total. The van der Waals surface area contributed by atoms with Gasteiger partial charge in [0.1, 0.15) is 5.75 Å². The Bertz CT molecular complexity index is 1330. The van der Waals surface area contributed by atoms with Crippen molar-refractivity contribution in [3.8, 4) is 22.7 Å². The molecule has 1 aromatic heterocycles. The number of benzene rings is 3. The second-order valence-electron chi connectivity index (χ2n) is 8.45. The van der Waals surface area contributed by atoms with Gasteiger partial charge in [0.2, 0.25) is 5.91 Å². The maximum absolute atomic E-state index is 13.1. The van der Waals surface area contributed by atoms with Gasteiger partial charge in [-0.25, -0.2) is 4.68 Å². The normalized spacial score (nSPS) is 12.7. The number of anilines is 1. The first-order valence-corrected chi connectivity index (χ1v) is 11.6. The molecule has 0 saturated heterocycles. The summed E-state index contributed by atoms with van der Waals surface area (Å²) in [5, 5.41) is 4.83. The maximum atomic E-state index is 13.1. The number of nitrogens with zero attached hydrogens (tertiary/aromatic N) is 4. The third kappa shape index (κ3) is 4.80. The number of para-hydroxylation sites is 3. The fraction of sp³-hybridized carbons (Fsp3) is 0.179. The lowest BCUT2D eigenvalue weighted by molar-refractivity contribution is -0.130. The Labute approximate surface area is 204 Å². The van der Waals surface area contributed by atoms with E-state index in [-0.39, 0.29) is 24.8 Å². The largest absolute Gasteiger partial charge is 0.482 e. The quantitative estimate of drug-likeness (QED) is 0.407. The van der Waals surface area contributed by atoms with E-state index in [1.54, 1.807) is 16.8 Å². The molecule has 0 radical (unpaired) electrons. The van der Waals surface area contributed by atoms with Gasteiger partial charge < -0.3 is 14.5 Å². The first kappa shape index (κ1) is 22.4. The van der Waals surface area contributed by atoms with Crippen LogP contribution in [0.15, 0.2) is 91.1 Å². The number of aromatic nitrogens is 2. The minimum absolute atomic E-state index is 0.0137. The second kappa shape index (κ2) is 9.85. The molecule has 7 nitrogen and oxygen atoms in total. The lowest BCUT2D eigenvalue weighted by Gasteiger charge is -2.29. The summed E-state index contributed by atoms with van der Waals surface area (Å²) in [7, 11) is 1.78. The van der Waals surface area contributed by atoms with Gasteiger partial charge in [-0.2, -0.15) is 5.10 Å². The zero-order chi connectivity index (χ0) is 24.2. The highest BCUT2D eigenvalue weighted by Crippen LogP contribution is 2.31. The predicted molar refractivity (Wildman–Crippen MR) is 134 cm³/mol. The summed E-state index contributed by atoms with van der Waals surface area (Å²) < 4.78 is 7.34. The molecule has 4 aromatic rings. The average molecular weight is 467 g/mol. The van der Waals surface area contributed by atoms with Crippen molar-refractivity contribution in [1.82, 2.24) is 14.7 Å². The van der Waals surface area contributed by atoms with E-state index in [2.05, 4.69) is 0 Å². The molecule has 7 heteroatoms. The van der Waals surface area contributed by atoms with Crippen LogP contribution in [-0.4, -0.2) is 46.7 Å². The van der Waals surface area contributed by atoms with Crippen molar-refractivity contribution in [2.75, 3.05) is 25.1 Å². The number of fused-ring (bicyclic) bond motifs is 1. The smallest absolute Gasteiger partial charge is 0.265 e. The fourth-order valence-electron chi connectivity index (χ4n) is 4.22. The van der Waals surface area contributed by atoms with Crippen molar-refractivity contribution >= 4 is 17.5 Å². The van der Waals surface area contributed by atoms with E-state index in [0.717, 1.165) is 22.5 Å². The van der Waals surface area contributed by atoms with Crippen LogP contribution in [0.1, 0.15) is 12.0 Å². The van der Waals surface area contributed by atoms with Crippen LogP contribution >= 0.6 is 0 Å². The summed E-state index contributed by atoms with van der Waals surface area (Å²) in [6, 6.07) is 27.3. The monoisotopic (exact) mass is 466 g/mol. The van der Waals surface area contributed by atoms with E-state index in [4.69, 9.17) is 9.84 Å². The van der Waals surface area contributed by atoms with Gasteiger partial charge in [0.15, 0.2) is 6.61 Å². The van der Waals surface area contributed by atoms with Crippen LogP contribution in [0.5, 0.6) is 5.75 Å². The van der Waals surface area contributed by atoms with Crippen LogP contribution in [0.3, 0.4) is 0 Å². The van der Waals surface area contributed by atoms with Crippen LogP contribution in [0.4, 0.5) is 5.69 Å². The van der Waals surface area contributed by atoms with Gasteiger partial charge in [-0.3, -0.25) is 9.59 Å². The summed E-state index contributed by atoms with van der Waals surface area (Å²) in [5.41, 5.74) is 4.44. The molecule has 3 aromatic carbocycles. The van der Waals surface area contributed by atoms with Crippen LogP contribution in [0, 0.1) is 0 Å². The summed E-state index contributed by atoms with van der Waals surface area (Å²) >= 11 is 0. The molecule has 35 heavy (non-hydrogen) atoms. The van der Waals surface area contributed by atoms with Crippen molar-refractivity contribution < 1.29 is 14.3 Å². The number of rotatable bonds is 7. The van der Waals surface area contributed by atoms with Crippen molar-refractivity contribution in [2.24, 2.45) is 0 Å². The molecule has 176 valence electrons. The van der Waals surface area contributed by atoms with Gasteiger partial charge in [0.25, 0.3) is 5.91 Å². The molecule has 2 amide bonds. The molecule has 0 aliphatic carbocycles. The number of hydrogen-bond donors (Lipinski definition) is 0. The van der Waals surface area contributed by atoms with Gasteiger partial charge in [-0.05, 0) is 24.3 Å². The Balaban J connectivity index is 1.33. The van der Waals surface area contributed by atoms with Crippen molar-refractivity contribution in [1.29, 1.82) is 0 Å². The Morgan fingerprint density at radius 2 is 1.66 bits per heavy atom. The molecule has 0 fully saturated rings. The molecule has 1 aliphatic heterocycles. The van der Waals surface area contributed by atoms with Gasteiger partial charge in [-0.1, -0.05) is 60.7 Å².